The summed E-state index contributed by atoms with van der Waals surface area (Å²) >= 11 is 0. The van der Waals surface area contributed by atoms with E-state index in [1.54, 1.807) is 0 Å². The zero-order valence-corrected chi connectivity index (χ0v) is 12.7. The van der Waals surface area contributed by atoms with Gasteiger partial charge in [0.25, 0.3) is 0 Å². The molecule has 1 rings (SSSR count). The molecule has 1 atom stereocenters. The Labute approximate surface area is 113 Å². The Balaban J connectivity index is 2.28. The molecule has 0 aromatic heterocycles. The molecule has 0 aromatic rings. The molecule has 2 N–H and O–H groups in total. The first-order valence-corrected chi connectivity index (χ1v) is 7.63. The van der Waals surface area contributed by atoms with Gasteiger partial charge in [0.15, 0.2) is 0 Å². The normalized spacial score (nSPS) is 19.5. The van der Waals surface area contributed by atoms with Crippen molar-refractivity contribution in [2.45, 2.75) is 77.4 Å². The van der Waals surface area contributed by atoms with Gasteiger partial charge in [-0.1, -0.05) is 20.8 Å². The zero-order valence-electron chi connectivity index (χ0n) is 12.7. The van der Waals surface area contributed by atoms with E-state index in [9.17, 15) is 5.11 Å². The standard InChI is InChI=1S/C15H32N2O/c1-5-10-17(14-7-8-14)11-6-9-15(4,12-18)16-13(2)3/h13-14,16,18H,5-12H2,1-4H3. The minimum atomic E-state index is -0.115. The van der Waals surface area contributed by atoms with Crippen LogP contribution in [0.5, 0.6) is 0 Å². The molecule has 3 heteroatoms. The molecule has 1 aliphatic rings. The van der Waals surface area contributed by atoms with E-state index in [1.165, 1.54) is 38.8 Å². The second-order valence-corrected chi connectivity index (χ2v) is 6.39. The molecule has 1 fully saturated rings. The van der Waals surface area contributed by atoms with Crippen molar-refractivity contribution < 1.29 is 5.11 Å². The molecule has 0 aromatic carbocycles. The number of nitrogens with one attached hydrogen (secondary N) is 1. The van der Waals surface area contributed by atoms with Crippen LogP contribution in [0.2, 0.25) is 0 Å². The molecule has 0 saturated heterocycles. The van der Waals surface area contributed by atoms with Crippen molar-refractivity contribution in [2.75, 3.05) is 19.7 Å². The molecule has 0 amide bonds. The van der Waals surface area contributed by atoms with Crippen LogP contribution in [0.1, 0.15) is 59.8 Å². The first-order valence-electron chi connectivity index (χ1n) is 7.63. The van der Waals surface area contributed by atoms with Crippen LogP contribution in [0, 0.1) is 0 Å². The van der Waals surface area contributed by atoms with Gasteiger partial charge in [-0.3, -0.25) is 0 Å². The maximum Gasteiger partial charge on any atom is 0.0610 e. The van der Waals surface area contributed by atoms with Crippen molar-refractivity contribution in [2.24, 2.45) is 0 Å². The van der Waals surface area contributed by atoms with Crippen LogP contribution in [-0.4, -0.2) is 47.3 Å². The van der Waals surface area contributed by atoms with E-state index in [4.69, 9.17) is 0 Å². The second-order valence-electron chi connectivity index (χ2n) is 6.39. The summed E-state index contributed by atoms with van der Waals surface area (Å²) in [7, 11) is 0. The molecular formula is C15H32N2O. The number of aliphatic hydroxyl groups is 1. The third-order valence-corrected chi connectivity index (χ3v) is 3.73. The predicted molar refractivity (Wildman–Crippen MR) is 77.9 cm³/mol. The highest BCUT2D eigenvalue weighted by atomic mass is 16.3. The fraction of sp³-hybridized carbons (Fsp3) is 1.00. The van der Waals surface area contributed by atoms with Crippen LogP contribution in [0.3, 0.4) is 0 Å². The number of nitrogens with zero attached hydrogens (tertiary/aromatic N) is 1. The lowest BCUT2D eigenvalue weighted by atomic mass is 9.95. The average molecular weight is 256 g/mol. The van der Waals surface area contributed by atoms with Crippen molar-refractivity contribution in [1.29, 1.82) is 0 Å². The minimum Gasteiger partial charge on any atom is -0.394 e. The lowest BCUT2D eigenvalue weighted by molar-refractivity contribution is 0.147. The van der Waals surface area contributed by atoms with Gasteiger partial charge >= 0.3 is 0 Å². The Morgan fingerprint density at radius 1 is 1.33 bits per heavy atom. The third-order valence-electron chi connectivity index (χ3n) is 3.73. The lowest BCUT2D eigenvalue weighted by Crippen LogP contribution is -2.49. The molecule has 0 spiro atoms. The summed E-state index contributed by atoms with van der Waals surface area (Å²) in [6.45, 7) is 11.3. The van der Waals surface area contributed by atoms with Crippen LogP contribution in [0.4, 0.5) is 0 Å². The third kappa shape index (κ3) is 5.68. The fourth-order valence-electron chi connectivity index (χ4n) is 2.77. The SMILES string of the molecule is CCCN(CCCC(C)(CO)NC(C)C)C1CC1. The Morgan fingerprint density at radius 2 is 2.00 bits per heavy atom. The summed E-state index contributed by atoms with van der Waals surface area (Å²) in [5, 5.41) is 13.0. The lowest BCUT2D eigenvalue weighted by Gasteiger charge is -2.32. The maximum atomic E-state index is 9.55. The molecule has 0 aliphatic heterocycles. The van der Waals surface area contributed by atoms with Crippen molar-refractivity contribution >= 4 is 0 Å². The molecule has 1 aliphatic carbocycles. The van der Waals surface area contributed by atoms with E-state index in [2.05, 4.69) is 37.9 Å². The summed E-state index contributed by atoms with van der Waals surface area (Å²) in [5.41, 5.74) is -0.115. The summed E-state index contributed by atoms with van der Waals surface area (Å²) in [6.07, 6.45) is 6.25. The second kappa shape index (κ2) is 7.46. The number of aliphatic hydroxyl groups excluding tert-OH is 1. The van der Waals surface area contributed by atoms with Gasteiger partial charge in [0, 0.05) is 17.6 Å². The molecule has 3 nitrogen and oxygen atoms in total. The van der Waals surface area contributed by atoms with Gasteiger partial charge < -0.3 is 15.3 Å². The van der Waals surface area contributed by atoms with Gasteiger partial charge in [0.2, 0.25) is 0 Å². The monoisotopic (exact) mass is 256 g/mol. The minimum absolute atomic E-state index is 0.115. The van der Waals surface area contributed by atoms with Crippen molar-refractivity contribution in [1.82, 2.24) is 10.2 Å². The van der Waals surface area contributed by atoms with Crippen LogP contribution >= 0.6 is 0 Å². The Hall–Kier alpha value is -0.120. The van der Waals surface area contributed by atoms with Gasteiger partial charge in [0.1, 0.15) is 0 Å². The number of rotatable bonds is 10. The van der Waals surface area contributed by atoms with E-state index in [0.29, 0.717) is 6.04 Å². The highest BCUT2D eigenvalue weighted by molar-refractivity contribution is 4.87. The van der Waals surface area contributed by atoms with Crippen LogP contribution in [0.25, 0.3) is 0 Å². The first-order chi connectivity index (χ1) is 8.50. The van der Waals surface area contributed by atoms with E-state index in [-0.39, 0.29) is 12.1 Å². The summed E-state index contributed by atoms with van der Waals surface area (Å²) in [5.74, 6) is 0. The Kier molecular flexibility index (Phi) is 6.61. The molecule has 1 unspecified atom stereocenters. The molecular weight excluding hydrogens is 224 g/mol. The van der Waals surface area contributed by atoms with Crippen LogP contribution < -0.4 is 5.32 Å². The fourth-order valence-corrected chi connectivity index (χ4v) is 2.77. The molecule has 1 saturated carbocycles. The van der Waals surface area contributed by atoms with Gasteiger partial charge in [-0.05, 0) is 52.1 Å². The highest BCUT2D eigenvalue weighted by Crippen LogP contribution is 2.27. The molecule has 18 heavy (non-hydrogen) atoms. The number of hydrogen-bond donors (Lipinski definition) is 2. The molecule has 0 bridgehead atoms. The highest BCUT2D eigenvalue weighted by Gasteiger charge is 2.29. The average Bonchev–Trinajstić information content (AvgIpc) is 3.11. The topological polar surface area (TPSA) is 35.5 Å². The Morgan fingerprint density at radius 3 is 2.44 bits per heavy atom. The van der Waals surface area contributed by atoms with Crippen molar-refractivity contribution in [3.8, 4) is 0 Å². The van der Waals surface area contributed by atoms with Gasteiger partial charge in [0.05, 0.1) is 6.61 Å². The van der Waals surface area contributed by atoms with Crippen LogP contribution in [0.15, 0.2) is 0 Å². The molecule has 0 heterocycles. The maximum absolute atomic E-state index is 9.55. The Bertz CT molecular complexity index is 229. The number of hydrogen-bond acceptors (Lipinski definition) is 3. The van der Waals surface area contributed by atoms with E-state index < -0.39 is 0 Å². The summed E-state index contributed by atoms with van der Waals surface area (Å²) in [4.78, 5) is 2.63. The van der Waals surface area contributed by atoms with E-state index >= 15 is 0 Å². The van der Waals surface area contributed by atoms with Gasteiger partial charge in [-0.25, -0.2) is 0 Å². The van der Waals surface area contributed by atoms with Crippen LogP contribution in [-0.2, 0) is 0 Å². The summed E-state index contributed by atoms with van der Waals surface area (Å²) in [6, 6.07) is 1.29. The zero-order chi connectivity index (χ0) is 13.6. The predicted octanol–water partition coefficient (Wildman–Crippen LogP) is 2.39. The largest absolute Gasteiger partial charge is 0.394 e. The van der Waals surface area contributed by atoms with E-state index in [1.807, 2.05) is 0 Å². The van der Waals surface area contributed by atoms with Gasteiger partial charge in [-0.15, -0.1) is 0 Å². The van der Waals surface area contributed by atoms with Gasteiger partial charge in [-0.2, -0.15) is 0 Å². The summed E-state index contributed by atoms with van der Waals surface area (Å²) < 4.78 is 0. The molecule has 108 valence electrons. The quantitative estimate of drug-likeness (QED) is 0.630. The first kappa shape index (κ1) is 15.9. The van der Waals surface area contributed by atoms with E-state index in [0.717, 1.165) is 12.5 Å². The smallest absolute Gasteiger partial charge is 0.0610 e. The molecule has 0 radical (unpaired) electrons. The van der Waals surface area contributed by atoms with Crippen molar-refractivity contribution in [3.63, 3.8) is 0 Å². The van der Waals surface area contributed by atoms with Crippen molar-refractivity contribution in [3.05, 3.63) is 0 Å².